The maximum absolute atomic E-state index is 12.9. The first-order valence-corrected chi connectivity index (χ1v) is 10.0. The van der Waals surface area contributed by atoms with E-state index in [0.717, 1.165) is 0 Å². The number of aliphatic hydroxyl groups is 1. The highest BCUT2D eigenvalue weighted by Gasteiger charge is 2.46. The van der Waals surface area contributed by atoms with Crippen LogP contribution in [0.5, 0.6) is 5.75 Å². The van der Waals surface area contributed by atoms with Crippen LogP contribution in [0.25, 0.3) is 5.76 Å². The smallest absolute Gasteiger partial charge is 0.308 e. The van der Waals surface area contributed by atoms with E-state index >= 15 is 0 Å². The molecule has 1 saturated heterocycles. The predicted octanol–water partition coefficient (Wildman–Crippen LogP) is 3.99. The molecule has 2 aromatic carbocycles. The van der Waals surface area contributed by atoms with Gasteiger partial charge in [-0.05, 0) is 35.9 Å². The van der Waals surface area contributed by atoms with Crippen molar-refractivity contribution in [2.75, 3.05) is 20.3 Å². The Hall–Kier alpha value is -2.87. The summed E-state index contributed by atoms with van der Waals surface area (Å²) >= 11 is 12.0. The lowest BCUT2D eigenvalue weighted by Gasteiger charge is -2.25. The predicted molar refractivity (Wildman–Crippen MR) is 115 cm³/mol. The minimum absolute atomic E-state index is 0.112. The molecule has 2 aromatic rings. The van der Waals surface area contributed by atoms with E-state index in [-0.39, 0.29) is 45.8 Å². The normalized spacial score (nSPS) is 17.8. The highest BCUT2D eigenvalue weighted by atomic mass is 35.5. The van der Waals surface area contributed by atoms with Crippen LogP contribution in [0, 0.1) is 0 Å². The third-order valence-corrected chi connectivity index (χ3v) is 5.44. The maximum Gasteiger partial charge on any atom is 0.308 e. The average Bonchev–Trinajstić information content (AvgIpc) is 2.98. The van der Waals surface area contributed by atoms with Gasteiger partial charge < -0.3 is 19.5 Å². The fourth-order valence-corrected chi connectivity index (χ4v) is 3.66. The van der Waals surface area contributed by atoms with Crippen molar-refractivity contribution in [3.05, 3.63) is 69.2 Å². The number of esters is 1. The van der Waals surface area contributed by atoms with E-state index in [2.05, 4.69) is 0 Å². The first-order chi connectivity index (χ1) is 14.7. The molecule has 0 saturated carbocycles. The molecule has 0 bridgehead atoms. The molecule has 0 radical (unpaired) electrons. The zero-order valence-corrected chi connectivity index (χ0v) is 18.2. The van der Waals surface area contributed by atoms with Gasteiger partial charge in [0.1, 0.15) is 11.5 Å². The van der Waals surface area contributed by atoms with Crippen LogP contribution < -0.4 is 4.74 Å². The zero-order valence-electron chi connectivity index (χ0n) is 16.7. The van der Waals surface area contributed by atoms with Crippen molar-refractivity contribution in [2.45, 2.75) is 13.0 Å². The molecule has 1 atom stereocenters. The summed E-state index contributed by atoms with van der Waals surface area (Å²) in [7, 11) is 1.47. The summed E-state index contributed by atoms with van der Waals surface area (Å²) in [6.07, 6.45) is 0. The molecular weight excluding hydrogens is 445 g/mol. The first-order valence-electron chi connectivity index (χ1n) is 9.25. The zero-order chi connectivity index (χ0) is 22.7. The molecule has 3 rings (SSSR count). The molecule has 0 aliphatic carbocycles. The molecule has 7 nitrogen and oxygen atoms in total. The molecule has 0 spiro atoms. The molecule has 162 valence electrons. The highest BCUT2D eigenvalue weighted by molar-refractivity contribution is 6.46. The monoisotopic (exact) mass is 463 g/mol. The van der Waals surface area contributed by atoms with Crippen molar-refractivity contribution in [1.29, 1.82) is 0 Å². The van der Waals surface area contributed by atoms with Gasteiger partial charge >= 0.3 is 5.97 Å². The van der Waals surface area contributed by atoms with Gasteiger partial charge in [-0.2, -0.15) is 0 Å². The fraction of sp³-hybridized carbons (Fsp3) is 0.227. The van der Waals surface area contributed by atoms with Gasteiger partial charge in [0.25, 0.3) is 11.7 Å². The van der Waals surface area contributed by atoms with E-state index in [1.54, 1.807) is 24.3 Å². The van der Waals surface area contributed by atoms with E-state index in [0.29, 0.717) is 5.56 Å². The third-order valence-electron chi connectivity index (χ3n) is 4.70. The lowest BCUT2D eigenvalue weighted by molar-refractivity contribution is -0.140. The molecule has 1 fully saturated rings. The van der Waals surface area contributed by atoms with Crippen molar-refractivity contribution in [3.63, 3.8) is 0 Å². The Morgan fingerprint density at radius 1 is 1.13 bits per heavy atom. The van der Waals surface area contributed by atoms with Crippen molar-refractivity contribution in [3.8, 4) is 5.75 Å². The number of halogens is 2. The van der Waals surface area contributed by atoms with Crippen LogP contribution in [0.1, 0.15) is 24.1 Å². The first kappa shape index (κ1) is 22.8. The number of carbonyl (C=O) groups is 3. The number of rotatable bonds is 6. The standard InChI is InChI=1S/C22H19Cl2NO6/c1-12(26)31-15-5-3-4-13(10-15)19-18(21(28)22(29)25(19)8-9-30-2)20(27)14-6-7-16(23)17(24)11-14/h3-7,10-11,19,27H,8-9H2,1-2H3/b20-18-. The molecule has 1 aliphatic rings. The third kappa shape index (κ3) is 4.74. The van der Waals surface area contributed by atoms with Gasteiger partial charge in [0.05, 0.1) is 28.3 Å². The Morgan fingerprint density at radius 2 is 1.87 bits per heavy atom. The molecule has 31 heavy (non-hydrogen) atoms. The summed E-state index contributed by atoms with van der Waals surface area (Å²) < 4.78 is 10.2. The largest absolute Gasteiger partial charge is 0.507 e. The lowest BCUT2D eigenvalue weighted by Crippen LogP contribution is -2.32. The number of ether oxygens (including phenoxy) is 2. The maximum atomic E-state index is 12.9. The van der Waals surface area contributed by atoms with Crippen molar-refractivity contribution in [2.24, 2.45) is 0 Å². The Bertz CT molecular complexity index is 1080. The Labute approximate surface area is 188 Å². The molecular formula is C22H19Cl2NO6. The van der Waals surface area contributed by atoms with Crippen LogP contribution in [0.2, 0.25) is 10.0 Å². The van der Waals surface area contributed by atoms with E-state index in [9.17, 15) is 19.5 Å². The topological polar surface area (TPSA) is 93.1 Å². The number of hydrogen-bond donors (Lipinski definition) is 1. The Balaban J connectivity index is 2.17. The number of benzene rings is 2. The molecule has 1 heterocycles. The summed E-state index contributed by atoms with van der Waals surface area (Å²) in [5, 5.41) is 11.4. The lowest BCUT2D eigenvalue weighted by atomic mass is 9.95. The van der Waals surface area contributed by atoms with Crippen molar-refractivity contribution in [1.82, 2.24) is 4.90 Å². The van der Waals surface area contributed by atoms with E-state index in [1.165, 1.54) is 37.1 Å². The number of amides is 1. The fourth-order valence-electron chi connectivity index (χ4n) is 3.36. The number of ketones is 1. The molecule has 1 aliphatic heterocycles. The number of hydrogen-bond acceptors (Lipinski definition) is 6. The number of nitrogens with zero attached hydrogens (tertiary/aromatic N) is 1. The minimum Gasteiger partial charge on any atom is -0.507 e. The Kier molecular flexibility index (Phi) is 7.00. The van der Waals surface area contributed by atoms with Gasteiger partial charge in [-0.3, -0.25) is 14.4 Å². The quantitative estimate of drug-likeness (QED) is 0.229. The second-order valence-electron chi connectivity index (χ2n) is 6.78. The average molecular weight is 464 g/mol. The molecule has 9 heteroatoms. The van der Waals surface area contributed by atoms with Crippen LogP contribution >= 0.6 is 23.2 Å². The highest BCUT2D eigenvalue weighted by Crippen LogP contribution is 2.40. The van der Waals surface area contributed by atoms with E-state index in [4.69, 9.17) is 32.7 Å². The van der Waals surface area contributed by atoms with Crippen LogP contribution in [0.3, 0.4) is 0 Å². The molecule has 0 aromatic heterocycles. The molecule has 1 amide bonds. The number of carbonyl (C=O) groups excluding carboxylic acids is 3. The van der Waals surface area contributed by atoms with Crippen LogP contribution in [0.4, 0.5) is 0 Å². The van der Waals surface area contributed by atoms with Gasteiger partial charge in [-0.25, -0.2) is 0 Å². The summed E-state index contributed by atoms with van der Waals surface area (Å²) in [5.74, 6) is -2.28. The SMILES string of the molecule is COCCN1C(=O)C(=O)/C(=C(\O)c2ccc(Cl)c(Cl)c2)C1c1cccc(OC(C)=O)c1. The number of methoxy groups -OCH3 is 1. The van der Waals surface area contributed by atoms with Crippen LogP contribution in [-0.4, -0.2) is 47.9 Å². The van der Waals surface area contributed by atoms with Gasteiger partial charge in [0, 0.05) is 26.1 Å². The van der Waals surface area contributed by atoms with Gasteiger partial charge in [0.2, 0.25) is 0 Å². The second kappa shape index (κ2) is 9.51. The van der Waals surface area contributed by atoms with Crippen molar-refractivity contribution < 1.29 is 29.0 Å². The minimum atomic E-state index is -0.917. The van der Waals surface area contributed by atoms with Crippen molar-refractivity contribution >= 4 is 46.6 Å². The number of likely N-dealkylation sites (tertiary alicyclic amines) is 1. The van der Waals surface area contributed by atoms with Crippen LogP contribution in [0.15, 0.2) is 48.0 Å². The summed E-state index contributed by atoms with van der Waals surface area (Å²) in [5.41, 5.74) is 0.607. The van der Waals surface area contributed by atoms with Gasteiger partial charge in [-0.15, -0.1) is 0 Å². The van der Waals surface area contributed by atoms with Gasteiger partial charge in [0.15, 0.2) is 0 Å². The van der Waals surface area contributed by atoms with E-state index in [1.807, 2.05) is 0 Å². The van der Waals surface area contributed by atoms with E-state index < -0.39 is 23.7 Å². The van der Waals surface area contributed by atoms with Crippen LogP contribution in [-0.2, 0) is 19.1 Å². The summed E-state index contributed by atoms with van der Waals surface area (Å²) in [6, 6.07) is 9.89. The summed E-state index contributed by atoms with van der Waals surface area (Å²) in [4.78, 5) is 38.3. The molecule has 1 unspecified atom stereocenters. The number of Topliss-reactive ketones (excluding diaryl/α,β-unsaturated/α-hetero) is 1. The van der Waals surface area contributed by atoms with Gasteiger partial charge in [-0.1, -0.05) is 35.3 Å². The Morgan fingerprint density at radius 3 is 2.52 bits per heavy atom. The second-order valence-corrected chi connectivity index (χ2v) is 7.59. The number of aliphatic hydroxyl groups excluding tert-OH is 1. The molecule has 1 N–H and O–H groups in total. The summed E-state index contributed by atoms with van der Waals surface area (Å²) in [6.45, 7) is 1.56.